The number of hydrogen-bond donors (Lipinski definition) is 2. The number of carbonyl (C=O) groups excluding carboxylic acids is 1. The van der Waals surface area contributed by atoms with Crippen LogP contribution in [0.2, 0.25) is 0 Å². The maximum atomic E-state index is 12.3. The van der Waals surface area contributed by atoms with E-state index in [9.17, 15) is 4.79 Å². The molecule has 0 aliphatic rings. The van der Waals surface area contributed by atoms with Crippen molar-refractivity contribution in [3.8, 4) is 0 Å². The van der Waals surface area contributed by atoms with Crippen molar-refractivity contribution in [1.82, 2.24) is 4.98 Å². The van der Waals surface area contributed by atoms with Gasteiger partial charge in [0.25, 0.3) is 0 Å². The second-order valence-corrected chi connectivity index (χ2v) is 7.11. The predicted molar refractivity (Wildman–Crippen MR) is 113 cm³/mol. The Morgan fingerprint density at radius 3 is 2.59 bits per heavy atom. The minimum atomic E-state index is 0.0419. The normalized spacial score (nSPS) is 11.2. The predicted octanol–water partition coefficient (Wildman–Crippen LogP) is 5.76. The number of carbonyl (C=O) groups is 1. The SMILES string of the molecule is CCc1cccc2c1[nH]c1cc(NC(=O)CCc3ccc(C)cc3)ccc12. The van der Waals surface area contributed by atoms with E-state index < -0.39 is 0 Å². The summed E-state index contributed by atoms with van der Waals surface area (Å²) in [6.07, 6.45) is 2.22. The lowest BCUT2D eigenvalue weighted by atomic mass is 10.1. The lowest BCUT2D eigenvalue weighted by Crippen LogP contribution is -2.12. The van der Waals surface area contributed by atoms with Gasteiger partial charge in [-0.05, 0) is 43.0 Å². The van der Waals surface area contributed by atoms with E-state index >= 15 is 0 Å². The van der Waals surface area contributed by atoms with E-state index in [2.05, 4.69) is 72.7 Å². The number of aromatic nitrogens is 1. The molecule has 1 amide bonds. The van der Waals surface area contributed by atoms with Gasteiger partial charge in [0.05, 0.1) is 0 Å². The molecule has 1 heterocycles. The molecule has 4 aromatic rings. The van der Waals surface area contributed by atoms with Gasteiger partial charge in [-0.15, -0.1) is 0 Å². The van der Waals surface area contributed by atoms with Gasteiger partial charge < -0.3 is 10.3 Å². The van der Waals surface area contributed by atoms with Crippen LogP contribution in [-0.4, -0.2) is 10.9 Å². The standard InChI is InChI=1S/C24H24N2O/c1-3-18-5-4-6-21-20-13-12-19(15-22(20)26-24(18)21)25-23(27)14-11-17-9-7-16(2)8-10-17/h4-10,12-13,15,26H,3,11,14H2,1-2H3,(H,25,27). The Kier molecular flexibility index (Phi) is 4.68. The molecule has 1 aromatic heterocycles. The maximum absolute atomic E-state index is 12.3. The summed E-state index contributed by atoms with van der Waals surface area (Å²) < 4.78 is 0. The van der Waals surface area contributed by atoms with Crippen LogP contribution in [0.4, 0.5) is 5.69 Å². The second-order valence-electron chi connectivity index (χ2n) is 7.11. The van der Waals surface area contributed by atoms with Crippen LogP contribution in [0.3, 0.4) is 0 Å². The van der Waals surface area contributed by atoms with E-state index in [0.29, 0.717) is 6.42 Å². The van der Waals surface area contributed by atoms with Crippen LogP contribution >= 0.6 is 0 Å². The van der Waals surface area contributed by atoms with Crippen molar-refractivity contribution in [3.63, 3.8) is 0 Å². The molecule has 0 saturated heterocycles. The minimum absolute atomic E-state index is 0.0419. The molecule has 3 heteroatoms. The molecule has 0 spiro atoms. The molecule has 3 nitrogen and oxygen atoms in total. The highest BCUT2D eigenvalue weighted by molar-refractivity contribution is 6.09. The van der Waals surface area contributed by atoms with Gasteiger partial charge in [0.15, 0.2) is 0 Å². The first kappa shape index (κ1) is 17.3. The molecule has 4 rings (SSSR count). The van der Waals surface area contributed by atoms with Gasteiger partial charge in [0.1, 0.15) is 0 Å². The number of aryl methyl sites for hydroxylation is 3. The summed E-state index contributed by atoms with van der Waals surface area (Å²) in [4.78, 5) is 15.9. The summed E-state index contributed by atoms with van der Waals surface area (Å²) in [5, 5.41) is 5.46. The number of rotatable bonds is 5. The quantitative estimate of drug-likeness (QED) is 0.469. The summed E-state index contributed by atoms with van der Waals surface area (Å²) in [7, 11) is 0. The highest BCUT2D eigenvalue weighted by Crippen LogP contribution is 2.29. The Bertz CT molecular complexity index is 1110. The lowest BCUT2D eigenvalue weighted by Gasteiger charge is -2.06. The molecule has 27 heavy (non-hydrogen) atoms. The van der Waals surface area contributed by atoms with Gasteiger partial charge in [0, 0.05) is 33.9 Å². The molecule has 0 unspecified atom stereocenters. The smallest absolute Gasteiger partial charge is 0.224 e. The van der Waals surface area contributed by atoms with E-state index in [1.54, 1.807) is 0 Å². The third kappa shape index (κ3) is 3.59. The van der Waals surface area contributed by atoms with Crippen LogP contribution in [0.25, 0.3) is 21.8 Å². The van der Waals surface area contributed by atoms with Gasteiger partial charge in [-0.1, -0.05) is 61.0 Å². The zero-order valence-electron chi connectivity index (χ0n) is 15.8. The number of para-hydroxylation sites is 1. The van der Waals surface area contributed by atoms with Crippen molar-refractivity contribution in [1.29, 1.82) is 0 Å². The fraction of sp³-hybridized carbons (Fsp3) is 0.208. The number of H-pyrrole nitrogens is 1. The molecule has 0 atom stereocenters. The van der Waals surface area contributed by atoms with Gasteiger partial charge in [0.2, 0.25) is 5.91 Å². The van der Waals surface area contributed by atoms with E-state index in [-0.39, 0.29) is 5.91 Å². The van der Waals surface area contributed by atoms with Crippen LogP contribution in [0.15, 0.2) is 60.7 Å². The van der Waals surface area contributed by atoms with Crippen LogP contribution in [-0.2, 0) is 17.6 Å². The molecule has 0 radical (unpaired) electrons. The molecule has 3 aromatic carbocycles. The van der Waals surface area contributed by atoms with Gasteiger partial charge >= 0.3 is 0 Å². The third-order valence-corrected chi connectivity index (χ3v) is 5.15. The number of amides is 1. The zero-order valence-corrected chi connectivity index (χ0v) is 15.8. The summed E-state index contributed by atoms with van der Waals surface area (Å²) in [5.41, 5.74) is 6.82. The molecule has 0 aliphatic heterocycles. The fourth-order valence-corrected chi connectivity index (χ4v) is 3.60. The summed E-state index contributed by atoms with van der Waals surface area (Å²) >= 11 is 0. The van der Waals surface area contributed by atoms with Crippen LogP contribution in [0.1, 0.15) is 30.0 Å². The van der Waals surface area contributed by atoms with E-state index in [0.717, 1.165) is 24.0 Å². The number of nitrogens with one attached hydrogen (secondary N) is 2. The average Bonchev–Trinajstić information content (AvgIpc) is 3.05. The maximum Gasteiger partial charge on any atom is 0.224 e. The van der Waals surface area contributed by atoms with Gasteiger partial charge in [-0.3, -0.25) is 4.79 Å². The third-order valence-electron chi connectivity index (χ3n) is 5.15. The molecule has 0 aliphatic carbocycles. The largest absolute Gasteiger partial charge is 0.354 e. The van der Waals surface area contributed by atoms with Crippen molar-refractivity contribution in [2.45, 2.75) is 33.1 Å². The number of benzene rings is 3. The van der Waals surface area contributed by atoms with Gasteiger partial charge in [-0.25, -0.2) is 0 Å². The first-order valence-corrected chi connectivity index (χ1v) is 9.53. The highest BCUT2D eigenvalue weighted by Gasteiger charge is 2.09. The zero-order chi connectivity index (χ0) is 18.8. The Hall–Kier alpha value is -3.07. The Morgan fingerprint density at radius 1 is 1.00 bits per heavy atom. The van der Waals surface area contributed by atoms with E-state index in [4.69, 9.17) is 0 Å². The topological polar surface area (TPSA) is 44.9 Å². The lowest BCUT2D eigenvalue weighted by molar-refractivity contribution is -0.116. The van der Waals surface area contributed by atoms with Crippen molar-refractivity contribution < 1.29 is 4.79 Å². The number of aromatic amines is 1. The Balaban J connectivity index is 1.51. The highest BCUT2D eigenvalue weighted by atomic mass is 16.1. The monoisotopic (exact) mass is 356 g/mol. The van der Waals surface area contributed by atoms with Crippen LogP contribution < -0.4 is 5.32 Å². The Morgan fingerprint density at radius 2 is 1.81 bits per heavy atom. The molecule has 0 fully saturated rings. The summed E-state index contributed by atoms with van der Waals surface area (Å²) in [6.45, 7) is 4.24. The number of fused-ring (bicyclic) bond motifs is 3. The van der Waals surface area contributed by atoms with E-state index in [1.165, 1.54) is 33.0 Å². The van der Waals surface area contributed by atoms with Crippen molar-refractivity contribution in [2.24, 2.45) is 0 Å². The number of hydrogen-bond acceptors (Lipinski definition) is 1. The fourth-order valence-electron chi connectivity index (χ4n) is 3.60. The Labute approximate surface area is 159 Å². The van der Waals surface area contributed by atoms with Crippen molar-refractivity contribution in [3.05, 3.63) is 77.4 Å². The van der Waals surface area contributed by atoms with Gasteiger partial charge in [-0.2, -0.15) is 0 Å². The summed E-state index contributed by atoms with van der Waals surface area (Å²) in [6, 6.07) is 20.9. The number of anilines is 1. The minimum Gasteiger partial charge on any atom is -0.354 e. The molecule has 136 valence electrons. The van der Waals surface area contributed by atoms with Crippen molar-refractivity contribution in [2.75, 3.05) is 5.32 Å². The van der Waals surface area contributed by atoms with Crippen LogP contribution in [0.5, 0.6) is 0 Å². The molecular weight excluding hydrogens is 332 g/mol. The van der Waals surface area contributed by atoms with Crippen molar-refractivity contribution >= 4 is 33.4 Å². The molecule has 2 N–H and O–H groups in total. The molecular formula is C24H24N2O. The average molecular weight is 356 g/mol. The molecule has 0 saturated carbocycles. The second kappa shape index (κ2) is 7.28. The summed E-state index contributed by atoms with van der Waals surface area (Å²) in [5.74, 6) is 0.0419. The molecule has 0 bridgehead atoms. The van der Waals surface area contributed by atoms with E-state index in [1.807, 2.05) is 12.1 Å². The van der Waals surface area contributed by atoms with Crippen LogP contribution in [0, 0.1) is 6.92 Å². The first-order chi connectivity index (χ1) is 13.1. The first-order valence-electron chi connectivity index (χ1n) is 9.53.